The predicted octanol–water partition coefficient (Wildman–Crippen LogP) is 1.98. The van der Waals surface area contributed by atoms with Crippen LogP contribution in [0.3, 0.4) is 0 Å². The Labute approximate surface area is 184 Å². The Bertz CT molecular complexity index is 1040. The van der Waals surface area contributed by atoms with Crippen molar-refractivity contribution in [3.05, 3.63) is 65.2 Å². The number of halogens is 1. The number of aliphatic hydroxyl groups is 1. The van der Waals surface area contributed by atoms with Crippen molar-refractivity contribution in [1.82, 2.24) is 14.8 Å². The van der Waals surface area contributed by atoms with Crippen LogP contribution in [0.15, 0.2) is 48.3 Å². The molecule has 0 saturated carbocycles. The highest BCUT2D eigenvalue weighted by Gasteiger charge is 2.46. The number of aromatic nitrogens is 1. The van der Waals surface area contributed by atoms with Crippen LogP contribution in [0.1, 0.15) is 17.2 Å². The number of nitrogens with zero attached hydrogens (tertiary/aromatic N) is 3. The quantitative estimate of drug-likeness (QED) is 0.416. The molecule has 1 aromatic heterocycles. The summed E-state index contributed by atoms with van der Waals surface area (Å²) >= 11 is 0. The highest BCUT2D eigenvalue weighted by atomic mass is 19.1. The van der Waals surface area contributed by atoms with E-state index >= 15 is 0 Å². The number of amides is 1. The van der Waals surface area contributed by atoms with E-state index in [0.717, 1.165) is 19.2 Å². The number of hydrogen-bond acceptors (Lipinski definition) is 7. The van der Waals surface area contributed by atoms with Gasteiger partial charge in [0.15, 0.2) is 0 Å². The van der Waals surface area contributed by atoms with Gasteiger partial charge in [-0.3, -0.25) is 19.5 Å². The van der Waals surface area contributed by atoms with Gasteiger partial charge in [0.1, 0.15) is 17.3 Å². The largest absolute Gasteiger partial charge is 0.507 e. The van der Waals surface area contributed by atoms with Crippen molar-refractivity contribution in [2.75, 3.05) is 46.5 Å². The zero-order chi connectivity index (χ0) is 22.7. The maximum Gasteiger partial charge on any atom is 0.295 e. The molecule has 2 aliphatic rings. The molecule has 32 heavy (non-hydrogen) atoms. The molecular formula is C23H24FN3O5. The number of carbonyl (C=O) groups excluding carboxylic acids is 2. The lowest BCUT2D eigenvalue weighted by Gasteiger charge is -2.31. The van der Waals surface area contributed by atoms with E-state index in [1.54, 1.807) is 24.5 Å². The van der Waals surface area contributed by atoms with Gasteiger partial charge in [-0.15, -0.1) is 0 Å². The Kier molecular flexibility index (Phi) is 6.48. The van der Waals surface area contributed by atoms with Crippen molar-refractivity contribution in [3.8, 4) is 5.75 Å². The Hall–Kier alpha value is -3.30. The van der Waals surface area contributed by atoms with Gasteiger partial charge in [0.25, 0.3) is 11.7 Å². The van der Waals surface area contributed by atoms with Crippen molar-refractivity contribution in [3.63, 3.8) is 0 Å². The Balaban J connectivity index is 1.76. The van der Waals surface area contributed by atoms with Gasteiger partial charge in [-0.2, -0.15) is 0 Å². The zero-order valence-electron chi connectivity index (χ0n) is 17.7. The number of likely N-dealkylation sites (tertiary alicyclic amines) is 1. The van der Waals surface area contributed by atoms with Crippen LogP contribution in [0.5, 0.6) is 5.75 Å². The molecule has 3 heterocycles. The van der Waals surface area contributed by atoms with Crippen molar-refractivity contribution < 1.29 is 28.6 Å². The third kappa shape index (κ3) is 4.21. The van der Waals surface area contributed by atoms with Crippen LogP contribution in [-0.4, -0.2) is 78.1 Å². The lowest BCUT2D eigenvalue weighted by molar-refractivity contribution is -0.140. The van der Waals surface area contributed by atoms with E-state index in [9.17, 15) is 19.1 Å². The minimum Gasteiger partial charge on any atom is -0.507 e. The highest BCUT2D eigenvalue weighted by molar-refractivity contribution is 6.46. The fourth-order valence-corrected chi connectivity index (χ4v) is 4.09. The van der Waals surface area contributed by atoms with E-state index in [-0.39, 0.29) is 23.4 Å². The summed E-state index contributed by atoms with van der Waals surface area (Å²) in [6, 6.07) is 6.19. The molecule has 2 aliphatic heterocycles. The second kappa shape index (κ2) is 9.46. The summed E-state index contributed by atoms with van der Waals surface area (Å²) in [5, 5.41) is 11.1. The summed E-state index contributed by atoms with van der Waals surface area (Å²) in [5.41, 5.74) is 0.530. The van der Waals surface area contributed by atoms with E-state index < -0.39 is 29.3 Å². The van der Waals surface area contributed by atoms with Gasteiger partial charge in [0.2, 0.25) is 0 Å². The van der Waals surface area contributed by atoms with E-state index in [1.165, 1.54) is 24.1 Å². The first-order valence-corrected chi connectivity index (χ1v) is 10.3. The molecule has 1 amide bonds. The van der Waals surface area contributed by atoms with E-state index in [2.05, 4.69) is 9.88 Å². The number of aliphatic hydroxyl groups excluding tert-OH is 1. The van der Waals surface area contributed by atoms with Crippen LogP contribution in [0.4, 0.5) is 4.39 Å². The molecule has 0 bridgehead atoms. The number of morpholine rings is 1. The first-order valence-electron chi connectivity index (χ1n) is 10.3. The Morgan fingerprint density at radius 2 is 1.91 bits per heavy atom. The van der Waals surface area contributed by atoms with E-state index in [0.29, 0.717) is 25.3 Å². The normalized spacial score (nSPS) is 21.2. The number of rotatable bonds is 6. The molecule has 168 valence electrons. The number of ketones is 1. The van der Waals surface area contributed by atoms with Crippen LogP contribution in [0.25, 0.3) is 5.76 Å². The van der Waals surface area contributed by atoms with E-state index in [4.69, 9.17) is 9.47 Å². The summed E-state index contributed by atoms with van der Waals surface area (Å²) in [6.45, 7) is 3.56. The third-order valence-electron chi connectivity index (χ3n) is 5.74. The van der Waals surface area contributed by atoms with Gasteiger partial charge in [-0.25, -0.2) is 4.39 Å². The van der Waals surface area contributed by atoms with Crippen LogP contribution >= 0.6 is 0 Å². The monoisotopic (exact) mass is 441 g/mol. The average molecular weight is 441 g/mol. The molecule has 2 saturated heterocycles. The van der Waals surface area contributed by atoms with Crippen molar-refractivity contribution >= 4 is 17.4 Å². The maximum atomic E-state index is 14.0. The molecule has 2 fully saturated rings. The highest BCUT2D eigenvalue weighted by Crippen LogP contribution is 2.40. The maximum absolute atomic E-state index is 14.0. The SMILES string of the molecule is COc1ccc(F)cc1/C(O)=C1\C(=O)C(=O)N(CCN2CCOCC2)C1c1ccncc1. The summed E-state index contributed by atoms with van der Waals surface area (Å²) in [5.74, 6) is -2.42. The number of Topliss-reactive ketones (excluding diaryl/α,β-unsaturated/α-hetero) is 1. The zero-order valence-corrected chi connectivity index (χ0v) is 17.7. The van der Waals surface area contributed by atoms with Crippen molar-refractivity contribution in [1.29, 1.82) is 0 Å². The van der Waals surface area contributed by atoms with Gasteiger partial charge >= 0.3 is 0 Å². The molecule has 1 aromatic carbocycles. The van der Waals surface area contributed by atoms with Gasteiger partial charge in [0, 0.05) is 38.6 Å². The molecule has 4 rings (SSSR count). The molecule has 1 atom stereocenters. The first-order chi connectivity index (χ1) is 15.5. The predicted molar refractivity (Wildman–Crippen MR) is 113 cm³/mol. The van der Waals surface area contributed by atoms with Crippen LogP contribution in [-0.2, 0) is 14.3 Å². The van der Waals surface area contributed by atoms with Gasteiger partial charge < -0.3 is 19.5 Å². The van der Waals surface area contributed by atoms with Crippen LogP contribution < -0.4 is 4.74 Å². The number of pyridine rings is 1. The summed E-state index contributed by atoms with van der Waals surface area (Å²) in [4.78, 5) is 33.7. The van der Waals surface area contributed by atoms with Crippen LogP contribution in [0, 0.1) is 5.82 Å². The number of ether oxygens (including phenoxy) is 2. The number of hydrogen-bond donors (Lipinski definition) is 1. The molecule has 1 N–H and O–H groups in total. The van der Waals surface area contributed by atoms with Crippen molar-refractivity contribution in [2.24, 2.45) is 0 Å². The average Bonchev–Trinajstić information content (AvgIpc) is 3.08. The number of carbonyl (C=O) groups is 2. The minimum atomic E-state index is -0.827. The van der Waals surface area contributed by atoms with Crippen LogP contribution in [0.2, 0.25) is 0 Å². The lowest BCUT2D eigenvalue weighted by Crippen LogP contribution is -2.42. The fraction of sp³-hybridized carbons (Fsp3) is 0.348. The summed E-state index contributed by atoms with van der Waals surface area (Å²) in [6.07, 6.45) is 3.11. The fourth-order valence-electron chi connectivity index (χ4n) is 4.09. The lowest BCUT2D eigenvalue weighted by atomic mass is 9.95. The Morgan fingerprint density at radius 1 is 1.19 bits per heavy atom. The molecule has 0 radical (unpaired) electrons. The molecule has 1 unspecified atom stereocenters. The Morgan fingerprint density at radius 3 is 2.59 bits per heavy atom. The number of methoxy groups -OCH3 is 1. The van der Waals surface area contributed by atoms with Gasteiger partial charge in [-0.1, -0.05) is 0 Å². The summed E-state index contributed by atoms with van der Waals surface area (Å²) < 4.78 is 24.6. The molecule has 0 aliphatic carbocycles. The molecule has 2 aromatic rings. The molecule has 0 spiro atoms. The molecular weight excluding hydrogens is 417 g/mol. The van der Waals surface area contributed by atoms with Gasteiger partial charge in [-0.05, 0) is 35.9 Å². The van der Waals surface area contributed by atoms with E-state index in [1.807, 2.05) is 0 Å². The molecule has 9 heteroatoms. The minimum absolute atomic E-state index is 0.0118. The van der Waals surface area contributed by atoms with Crippen molar-refractivity contribution in [2.45, 2.75) is 6.04 Å². The topological polar surface area (TPSA) is 92.2 Å². The first kappa shape index (κ1) is 21.9. The smallest absolute Gasteiger partial charge is 0.295 e. The number of benzene rings is 1. The van der Waals surface area contributed by atoms with Gasteiger partial charge in [0.05, 0.1) is 37.5 Å². The second-order valence-electron chi connectivity index (χ2n) is 7.57. The third-order valence-corrected chi connectivity index (χ3v) is 5.74. The second-order valence-corrected chi connectivity index (χ2v) is 7.57. The summed E-state index contributed by atoms with van der Waals surface area (Å²) in [7, 11) is 1.38. The molecule has 8 nitrogen and oxygen atoms in total. The standard InChI is InChI=1S/C23H24FN3O5/c1-31-18-3-2-16(24)14-17(18)21(28)19-20(15-4-6-25-7-5-15)27(23(30)22(19)29)9-8-26-10-12-32-13-11-26/h2-7,14,20,28H,8-13H2,1H3/b21-19+.